The van der Waals surface area contributed by atoms with Crippen molar-refractivity contribution in [3.8, 4) is 0 Å². The van der Waals surface area contributed by atoms with Crippen molar-refractivity contribution in [2.45, 2.75) is 24.5 Å². The van der Waals surface area contributed by atoms with Crippen molar-refractivity contribution in [3.63, 3.8) is 0 Å². The van der Waals surface area contributed by atoms with Crippen LogP contribution in [0.4, 0.5) is 0 Å². The molecule has 1 unspecified atom stereocenters. The lowest BCUT2D eigenvalue weighted by atomic mass is 10.2. The molecule has 2 heterocycles. The summed E-state index contributed by atoms with van der Waals surface area (Å²) in [5, 5.41) is 8.56. The van der Waals surface area contributed by atoms with E-state index in [1.165, 1.54) is 6.20 Å². The van der Waals surface area contributed by atoms with Gasteiger partial charge in [0.2, 0.25) is 0 Å². The molecule has 1 aromatic rings. The fourth-order valence-corrected chi connectivity index (χ4v) is 4.91. The number of hydrogen-bond acceptors (Lipinski definition) is 5. The molecular weight excluding hydrogens is 250 g/mol. The minimum Gasteiger partial charge on any atom is -0.477 e. The van der Waals surface area contributed by atoms with Gasteiger partial charge in [-0.25, -0.2) is 18.2 Å². The van der Waals surface area contributed by atoms with Crippen LogP contribution in [0, 0.1) is 0 Å². The van der Waals surface area contributed by atoms with Gasteiger partial charge in [-0.3, -0.25) is 0 Å². The maximum Gasteiger partial charge on any atom is 0.347 e. The standard InChI is InChI=1S/C9H11NO4S2/c11-9(12)6-5-10-8(15-6)7-3-1-2-4-16(7,13)14/h5,7H,1-4H2,(H,11,12). The van der Waals surface area contributed by atoms with Gasteiger partial charge in [-0.15, -0.1) is 11.3 Å². The van der Waals surface area contributed by atoms with Gasteiger partial charge < -0.3 is 5.11 Å². The summed E-state index contributed by atoms with van der Waals surface area (Å²) in [6.45, 7) is 0. The van der Waals surface area contributed by atoms with E-state index in [0.29, 0.717) is 17.8 Å². The zero-order valence-corrected chi connectivity index (χ0v) is 10.1. The van der Waals surface area contributed by atoms with Gasteiger partial charge in [-0.2, -0.15) is 0 Å². The Morgan fingerprint density at radius 1 is 1.50 bits per heavy atom. The van der Waals surface area contributed by atoms with Gasteiger partial charge in [0, 0.05) is 0 Å². The molecule has 1 N–H and O–H groups in total. The largest absolute Gasteiger partial charge is 0.477 e. The first-order chi connectivity index (χ1) is 7.50. The summed E-state index contributed by atoms with van der Waals surface area (Å²) in [4.78, 5) is 14.7. The van der Waals surface area contributed by atoms with Crippen LogP contribution in [0.15, 0.2) is 6.20 Å². The third kappa shape index (κ3) is 2.10. The molecule has 0 aromatic carbocycles. The van der Waals surface area contributed by atoms with E-state index in [-0.39, 0.29) is 10.6 Å². The number of aromatic carboxylic acids is 1. The van der Waals surface area contributed by atoms with Gasteiger partial charge in [-0.1, -0.05) is 6.42 Å². The normalized spacial score (nSPS) is 24.1. The maximum atomic E-state index is 11.8. The predicted molar refractivity (Wildman–Crippen MR) is 59.5 cm³/mol. The molecule has 0 amide bonds. The molecule has 0 spiro atoms. The number of carboxylic acid groups (broad SMARTS) is 1. The van der Waals surface area contributed by atoms with E-state index in [0.717, 1.165) is 17.8 Å². The number of aromatic nitrogens is 1. The van der Waals surface area contributed by atoms with Crippen molar-refractivity contribution in [2.75, 3.05) is 5.75 Å². The number of nitrogens with zero attached hydrogens (tertiary/aromatic N) is 1. The van der Waals surface area contributed by atoms with Crippen LogP contribution in [0.1, 0.15) is 39.2 Å². The van der Waals surface area contributed by atoms with E-state index < -0.39 is 21.1 Å². The van der Waals surface area contributed by atoms with E-state index in [1.807, 2.05) is 0 Å². The molecule has 5 nitrogen and oxygen atoms in total. The Balaban J connectivity index is 2.32. The van der Waals surface area contributed by atoms with Crippen LogP contribution in [-0.4, -0.2) is 30.2 Å². The Bertz CT molecular complexity index is 505. The SMILES string of the molecule is O=C(O)c1cnc(C2CCCCS2(=O)=O)s1. The highest BCUT2D eigenvalue weighted by molar-refractivity contribution is 7.91. The molecule has 16 heavy (non-hydrogen) atoms. The minimum absolute atomic E-state index is 0.0933. The van der Waals surface area contributed by atoms with E-state index in [4.69, 9.17) is 5.11 Å². The van der Waals surface area contributed by atoms with E-state index in [9.17, 15) is 13.2 Å². The Labute approximate surface area is 97.1 Å². The molecule has 1 saturated heterocycles. The van der Waals surface area contributed by atoms with E-state index >= 15 is 0 Å². The molecule has 0 bridgehead atoms. The molecular formula is C9H11NO4S2. The van der Waals surface area contributed by atoms with Gasteiger partial charge >= 0.3 is 5.97 Å². The highest BCUT2D eigenvalue weighted by Gasteiger charge is 2.32. The van der Waals surface area contributed by atoms with Crippen LogP contribution < -0.4 is 0 Å². The molecule has 1 aromatic heterocycles. The van der Waals surface area contributed by atoms with Crippen LogP contribution >= 0.6 is 11.3 Å². The molecule has 2 rings (SSSR count). The summed E-state index contributed by atoms with van der Waals surface area (Å²) in [5.41, 5.74) is 0. The third-order valence-corrected chi connectivity index (χ3v) is 6.02. The third-order valence-electron chi connectivity index (χ3n) is 2.59. The number of rotatable bonds is 2. The lowest BCUT2D eigenvalue weighted by Gasteiger charge is -2.19. The number of thiazole rings is 1. The molecule has 1 aliphatic rings. The van der Waals surface area contributed by atoms with E-state index in [1.54, 1.807) is 0 Å². The van der Waals surface area contributed by atoms with Gasteiger partial charge in [0.25, 0.3) is 0 Å². The highest BCUT2D eigenvalue weighted by Crippen LogP contribution is 2.35. The van der Waals surface area contributed by atoms with Gasteiger partial charge in [0.15, 0.2) is 9.84 Å². The van der Waals surface area contributed by atoms with Crippen molar-refractivity contribution in [1.29, 1.82) is 0 Å². The summed E-state index contributed by atoms with van der Waals surface area (Å²) in [5.74, 6) is -0.878. The first-order valence-electron chi connectivity index (χ1n) is 4.91. The van der Waals surface area contributed by atoms with Crippen LogP contribution in [0.5, 0.6) is 0 Å². The first kappa shape index (κ1) is 11.5. The molecule has 0 aliphatic carbocycles. The molecule has 0 saturated carbocycles. The van der Waals surface area contributed by atoms with Crippen molar-refractivity contribution in [1.82, 2.24) is 4.98 Å². The highest BCUT2D eigenvalue weighted by atomic mass is 32.2. The van der Waals surface area contributed by atoms with Crippen LogP contribution in [-0.2, 0) is 9.84 Å². The van der Waals surface area contributed by atoms with Gasteiger partial charge in [0.1, 0.15) is 15.1 Å². The monoisotopic (exact) mass is 261 g/mol. The minimum atomic E-state index is -3.13. The van der Waals surface area contributed by atoms with Crippen molar-refractivity contribution in [3.05, 3.63) is 16.1 Å². The second-order valence-corrected chi connectivity index (χ2v) is 7.08. The lowest BCUT2D eigenvalue weighted by molar-refractivity contribution is 0.0702. The Hall–Kier alpha value is -0.950. The Kier molecular flexibility index (Phi) is 2.98. The van der Waals surface area contributed by atoms with Crippen molar-refractivity contribution < 1.29 is 18.3 Å². The predicted octanol–water partition coefficient (Wildman–Crippen LogP) is 1.48. The topological polar surface area (TPSA) is 84.3 Å². The number of carboxylic acids is 1. The quantitative estimate of drug-likeness (QED) is 0.871. The van der Waals surface area contributed by atoms with E-state index in [2.05, 4.69) is 4.98 Å². The number of sulfone groups is 1. The Morgan fingerprint density at radius 2 is 2.25 bits per heavy atom. The number of hydrogen-bond donors (Lipinski definition) is 1. The van der Waals surface area contributed by atoms with Gasteiger partial charge in [-0.05, 0) is 12.8 Å². The molecule has 7 heteroatoms. The van der Waals surface area contributed by atoms with Crippen molar-refractivity contribution in [2.24, 2.45) is 0 Å². The lowest BCUT2D eigenvalue weighted by Crippen LogP contribution is -2.21. The maximum absolute atomic E-state index is 11.8. The zero-order valence-electron chi connectivity index (χ0n) is 8.42. The average molecular weight is 261 g/mol. The molecule has 1 aliphatic heterocycles. The summed E-state index contributed by atoms with van der Waals surface area (Å²) in [6.07, 6.45) is 3.32. The molecule has 1 fully saturated rings. The summed E-state index contributed by atoms with van der Waals surface area (Å²) in [7, 11) is -3.13. The zero-order chi connectivity index (χ0) is 11.8. The molecule has 88 valence electrons. The second kappa shape index (κ2) is 4.14. The second-order valence-electron chi connectivity index (χ2n) is 3.72. The molecule has 0 radical (unpaired) electrons. The first-order valence-corrected chi connectivity index (χ1v) is 7.44. The van der Waals surface area contributed by atoms with Crippen molar-refractivity contribution >= 4 is 27.1 Å². The average Bonchev–Trinajstić information content (AvgIpc) is 2.65. The van der Waals surface area contributed by atoms with Crippen LogP contribution in [0.2, 0.25) is 0 Å². The summed E-state index contributed by atoms with van der Waals surface area (Å²) in [6, 6.07) is 0. The fraction of sp³-hybridized carbons (Fsp3) is 0.556. The van der Waals surface area contributed by atoms with Crippen LogP contribution in [0.25, 0.3) is 0 Å². The smallest absolute Gasteiger partial charge is 0.347 e. The Morgan fingerprint density at radius 3 is 2.81 bits per heavy atom. The number of carbonyl (C=O) groups is 1. The summed E-state index contributed by atoms with van der Waals surface area (Å²) < 4.78 is 23.6. The fourth-order valence-electron chi connectivity index (χ4n) is 1.77. The van der Waals surface area contributed by atoms with Crippen LogP contribution in [0.3, 0.4) is 0 Å². The summed E-state index contributed by atoms with van der Waals surface area (Å²) >= 11 is 0.960. The molecule has 1 atom stereocenters. The van der Waals surface area contributed by atoms with Gasteiger partial charge in [0.05, 0.1) is 11.9 Å².